The Labute approximate surface area is 208 Å². The summed E-state index contributed by atoms with van der Waals surface area (Å²) in [5, 5.41) is 2.99. The minimum absolute atomic E-state index is 0.320. The highest BCUT2D eigenvalue weighted by molar-refractivity contribution is 7.05. The van der Waals surface area contributed by atoms with Crippen molar-refractivity contribution >= 4 is 24.5 Å². The van der Waals surface area contributed by atoms with Gasteiger partial charge in [-0.3, -0.25) is 0 Å². The SMILES string of the molecule is C1=CC([Si](c2ccccc2)(c2ccccc2)C2c3ccccc3-c3ccccc32)c2ccccc21. The number of hydrogen-bond acceptors (Lipinski definition) is 0. The van der Waals surface area contributed by atoms with Crippen LogP contribution in [-0.2, 0) is 0 Å². The molecule has 0 N–H and O–H groups in total. The summed E-state index contributed by atoms with van der Waals surface area (Å²) < 4.78 is 0. The molecule has 1 atom stereocenters. The van der Waals surface area contributed by atoms with E-state index in [9.17, 15) is 0 Å². The standard InChI is InChI=1S/C34H26Si/c1-3-14-26(15-4-1)35(27-16-5-2-6-17-27,33-24-23-25-13-7-8-18-28(25)33)34-31-21-11-9-19-29(31)30-20-10-12-22-32(30)34/h1-24,33-34H. The highest BCUT2D eigenvalue weighted by Gasteiger charge is 2.55. The second-order valence-electron chi connectivity index (χ2n) is 9.67. The summed E-state index contributed by atoms with van der Waals surface area (Å²) in [6.45, 7) is 0. The first kappa shape index (κ1) is 20.4. The van der Waals surface area contributed by atoms with Crippen LogP contribution in [0.2, 0.25) is 0 Å². The Kier molecular flexibility index (Phi) is 4.71. The fourth-order valence-electron chi connectivity index (χ4n) is 6.76. The van der Waals surface area contributed by atoms with Crippen LogP contribution >= 0.6 is 0 Å². The molecule has 35 heavy (non-hydrogen) atoms. The lowest BCUT2D eigenvalue weighted by Crippen LogP contribution is -2.66. The van der Waals surface area contributed by atoms with Gasteiger partial charge in [0, 0.05) is 11.1 Å². The fourth-order valence-corrected chi connectivity index (χ4v) is 13.0. The average Bonchev–Trinajstić information content (AvgIpc) is 3.52. The number of rotatable bonds is 4. The summed E-state index contributed by atoms with van der Waals surface area (Å²) in [6, 6.07) is 50.1. The quantitative estimate of drug-likeness (QED) is 0.254. The number of benzene rings is 5. The van der Waals surface area contributed by atoms with Crippen molar-refractivity contribution in [3.05, 3.63) is 162 Å². The van der Waals surface area contributed by atoms with Crippen molar-refractivity contribution in [3.8, 4) is 11.1 Å². The van der Waals surface area contributed by atoms with Crippen LogP contribution in [-0.4, -0.2) is 8.07 Å². The van der Waals surface area contributed by atoms with Gasteiger partial charge in [-0.2, -0.15) is 0 Å². The zero-order chi connectivity index (χ0) is 23.2. The first-order valence-corrected chi connectivity index (χ1v) is 14.6. The number of fused-ring (bicyclic) bond motifs is 4. The Balaban J connectivity index is 1.64. The van der Waals surface area contributed by atoms with Gasteiger partial charge in [0.2, 0.25) is 0 Å². The van der Waals surface area contributed by atoms with Crippen molar-refractivity contribution < 1.29 is 0 Å². The Bertz CT molecular complexity index is 1460. The molecule has 2 aliphatic carbocycles. The summed E-state index contributed by atoms with van der Waals surface area (Å²) in [6.07, 6.45) is 4.88. The lowest BCUT2D eigenvalue weighted by molar-refractivity contribution is 1.05. The predicted octanol–water partition coefficient (Wildman–Crippen LogP) is 6.95. The van der Waals surface area contributed by atoms with E-state index >= 15 is 0 Å². The molecule has 7 rings (SSSR count). The summed E-state index contributed by atoms with van der Waals surface area (Å²) in [4.78, 5) is 0. The minimum Gasteiger partial charge on any atom is -0.0784 e. The molecule has 0 heterocycles. The van der Waals surface area contributed by atoms with Crippen LogP contribution in [0, 0.1) is 0 Å². The van der Waals surface area contributed by atoms with Gasteiger partial charge in [0.1, 0.15) is 8.07 Å². The predicted molar refractivity (Wildman–Crippen MR) is 150 cm³/mol. The van der Waals surface area contributed by atoms with E-state index in [-0.39, 0.29) is 0 Å². The minimum atomic E-state index is -2.52. The maximum Gasteiger partial charge on any atom is 0.140 e. The Hall–Kier alpha value is -3.94. The molecular weight excluding hydrogens is 436 g/mol. The summed E-state index contributed by atoms with van der Waals surface area (Å²) in [5.74, 6) is 0. The molecule has 0 saturated heterocycles. The molecule has 0 nitrogen and oxygen atoms in total. The Morgan fingerprint density at radius 1 is 0.429 bits per heavy atom. The normalized spacial score (nSPS) is 16.1. The molecule has 5 aromatic carbocycles. The van der Waals surface area contributed by atoms with Crippen molar-refractivity contribution in [2.45, 2.75) is 11.1 Å². The molecule has 0 radical (unpaired) electrons. The molecule has 0 aliphatic heterocycles. The van der Waals surface area contributed by atoms with Crippen LogP contribution < -0.4 is 10.4 Å². The van der Waals surface area contributed by atoms with Crippen molar-refractivity contribution in [2.75, 3.05) is 0 Å². The third-order valence-corrected chi connectivity index (χ3v) is 13.7. The highest BCUT2D eigenvalue weighted by atomic mass is 28.3. The molecule has 0 amide bonds. The molecule has 166 valence electrons. The third-order valence-electron chi connectivity index (χ3n) is 8.08. The monoisotopic (exact) mass is 462 g/mol. The van der Waals surface area contributed by atoms with Gasteiger partial charge < -0.3 is 0 Å². The van der Waals surface area contributed by atoms with Crippen molar-refractivity contribution in [2.24, 2.45) is 0 Å². The zero-order valence-corrected chi connectivity index (χ0v) is 20.5. The summed E-state index contributed by atoms with van der Waals surface area (Å²) >= 11 is 0. The molecule has 2 aliphatic rings. The zero-order valence-electron chi connectivity index (χ0n) is 19.5. The van der Waals surface area contributed by atoms with Crippen LogP contribution in [0.5, 0.6) is 0 Å². The average molecular weight is 463 g/mol. The molecule has 0 saturated carbocycles. The van der Waals surface area contributed by atoms with Crippen molar-refractivity contribution in [1.82, 2.24) is 0 Å². The smallest absolute Gasteiger partial charge is 0.0784 e. The van der Waals surface area contributed by atoms with Crippen LogP contribution in [0.4, 0.5) is 0 Å². The van der Waals surface area contributed by atoms with Gasteiger partial charge in [0.15, 0.2) is 0 Å². The molecule has 1 unspecified atom stereocenters. The first-order chi connectivity index (χ1) is 17.4. The molecule has 0 aromatic heterocycles. The Morgan fingerprint density at radius 2 is 0.886 bits per heavy atom. The van der Waals surface area contributed by atoms with Gasteiger partial charge in [-0.25, -0.2) is 0 Å². The Morgan fingerprint density at radius 3 is 1.46 bits per heavy atom. The van der Waals surface area contributed by atoms with Gasteiger partial charge in [0.05, 0.1) is 0 Å². The largest absolute Gasteiger partial charge is 0.140 e. The molecule has 5 aromatic rings. The topological polar surface area (TPSA) is 0 Å². The van der Waals surface area contributed by atoms with E-state index in [1.165, 1.54) is 43.8 Å². The van der Waals surface area contributed by atoms with E-state index in [1.54, 1.807) is 0 Å². The van der Waals surface area contributed by atoms with E-state index in [2.05, 4.69) is 146 Å². The number of allylic oxidation sites excluding steroid dienone is 1. The number of hydrogen-bond donors (Lipinski definition) is 0. The van der Waals surface area contributed by atoms with E-state index in [1.807, 2.05) is 0 Å². The fraction of sp³-hybridized carbons (Fsp3) is 0.0588. The second kappa shape index (κ2) is 8.08. The van der Waals surface area contributed by atoms with E-state index in [4.69, 9.17) is 0 Å². The maximum absolute atomic E-state index is 2.52. The highest BCUT2D eigenvalue weighted by Crippen LogP contribution is 2.53. The third kappa shape index (κ3) is 2.92. The second-order valence-corrected chi connectivity index (χ2v) is 13.8. The van der Waals surface area contributed by atoms with Gasteiger partial charge in [-0.1, -0.05) is 156 Å². The summed E-state index contributed by atoms with van der Waals surface area (Å²) in [7, 11) is -2.52. The van der Waals surface area contributed by atoms with Crippen LogP contribution in [0.15, 0.2) is 140 Å². The van der Waals surface area contributed by atoms with Crippen LogP contribution in [0.3, 0.4) is 0 Å². The van der Waals surface area contributed by atoms with Crippen LogP contribution in [0.25, 0.3) is 17.2 Å². The lowest BCUT2D eigenvalue weighted by atomic mass is 10.1. The maximum atomic E-state index is 2.51. The van der Waals surface area contributed by atoms with Gasteiger partial charge in [-0.15, -0.1) is 0 Å². The van der Waals surface area contributed by atoms with Gasteiger partial charge >= 0.3 is 0 Å². The van der Waals surface area contributed by atoms with Gasteiger partial charge in [-0.05, 0) is 33.4 Å². The molecular formula is C34H26Si. The summed E-state index contributed by atoms with van der Waals surface area (Å²) in [5.41, 5.74) is 9.23. The van der Waals surface area contributed by atoms with Crippen molar-refractivity contribution in [1.29, 1.82) is 0 Å². The van der Waals surface area contributed by atoms with Crippen molar-refractivity contribution in [3.63, 3.8) is 0 Å². The first-order valence-electron chi connectivity index (χ1n) is 12.5. The van der Waals surface area contributed by atoms with Gasteiger partial charge in [0.25, 0.3) is 0 Å². The van der Waals surface area contributed by atoms with E-state index in [0.29, 0.717) is 11.1 Å². The lowest BCUT2D eigenvalue weighted by Gasteiger charge is -2.44. The van der Waals surface area contributed by atoms with E-state index < -0.39 is 8.07 Å². The molecule has 0 bridgehead atoms. The van der Waals surface area contributed by atoms with Crippen LogP contribution in [0.1, 0.15) is 33.3 Å². The molecule has 0 spiro atoms. The molecule has 1 heteroatoms. The van der Waals surface area contributed by atoms with E-state index in [0.717, 1.165) is 0 Å². The molecule has 0 fully saturated rings.